The number of methoxy groups -OCH3 is 1. The Morgan fingerprint density at radius 2 is 1.93 bits per heavy atom. The van der Waals surface area contributed by atoms with Gasteiger partial charge in [0.25, 0.3) is 0 Å². The van der Waals surface area contributed by atoms with E-state index in [2.05, 4.69) is 10.2 Å². The predicted molar refractivity (Wildman–Crippen MR) is 96.8 cm³/mol. The number of benzene rings is 1. The van der Waals surface area contributed by atoms with E-state index in [1.54, 1.807) is 30.3 Å². The van der Waals surface area contributed by atoms with Crippen molar-refractivity contribution >= 4 is 11.9 Å². The second kappa shape index (κ2) is 8.35. The number of carbonyl (C=O) groups is 2. The molecule has 0 amide bonds. The molecule has 29 heavy (non-hydrogen) atoms. The second-order valence-corrected chi connectivity index (χ2v) is 6.18. The van der Waals surface area contributed by atoms with E-state index in [-0.39, 0.29) is 22.5 Å². The summed E-state index contributed by atoms with van der Waals surface area (Å²) >= 11 is 0. The molecule has 2 heterocycles. The summed E-state index contributed by atoms with van der Waals surface area (Å²) in [5, 5.41) is 47.3. The molecule has 1 aliphatic rings. The van der Waals surface area contributed by atoms with E-state index < -0.39 is 36.4 Å². The number of aromatic nitrogens is 2. The van der Waals surface area contributed by atoms with Crippen LogP contribution in [-0.2, 0) is 9.47 Å². The van der Waals surface area contributed by atoms with Gasteiger partial charge >= 0.3 is 11.9 Å². The molecule has 0 fully saturated rings. The van der Waals surface area contributed by atoms with Gasteiger partial charge in [0.2, 0.25) is 0 Å². The van der Waals surface area contributed by atoms with Crippen LogP contribution in [0.1, 0.15) is 32.6 Å². The molecule has 152 valence electrons. The van der Waals surface area contributed by atoms with Crippen LogP contribution in [0.5, 0.6) is 0 Å². The number of hydrogen-bond donors (Lipinski definition) is 4. The quantitative estimate of drug-likeness (QED) is 0.404. The highest BCUT2D eigenvalue weighted by molar-refractivity contribution is 6.00. The van der Waals surface area contributed by atoms with Crippen LogP contribution >= 0.6 is 0 Å². The van der Waals surface area contributed by atoms with Crippen molar-refractivity contribution in [3.8, 4) is 11.1 Å². The van der Waals surface area contributed by atoms with E-state index in [9.17, 15) is 24.9 Å². The summed E-state index contributed by atoms with van der Waals surface area (Å²) in [6.07, 6.45) is -5.31. The van der Waals surface area contributed by atoms with Crippen LogP contribution in [0.15, 0.2) is 42.7 Å². The lowest BCUT2D eigenvalue weighted by Gasteiger charge is -2.34. The van der Waals surface area contributed by atoms with Crippen molar-refractivity contribution in [2.24, 2.45) is 0 Å². The van der Waals surface area contributed by atoms with E-state index in [0.29, 0.717) is 11.8 Å². The third-order valence-electron chi connectivity index (χ3n) is 4.47. The van der Waals surface area contributed by atoms with Gasteiger partial charge < -0.3 is 29.9 Å². The molecular formula is C19H18N2O8. The predicted octanol–water partition coefficient (Wildman–Crippen LogP) is 0.296. The van der Waals surface area contributed by atoms with Crippen LogP contribution in [0.3, 0.4) is 0 Å². The number of nitrogens with zero attached hydrogens (tertiary/aromatic N) is 2. The first kappa shape index (κ1) is 20.4. The molecule has 4 atom stereocenters. The Balaban J connectivity index is 2.22. The van der Waals surface area contributed by atoms with E-state index in [0.717, 1.165) is 13.2 Å². The minimum atomic E-state index is -1.77. The van der Waals surface area contributed by atoms with Gasteiger partial charge in [-0.25, -0.2) is 9.59 Å². The Morgan fingerprint density at radius 3 is 2.55 bits per heavy atom. The highest BCUT2D eigenvalue weighted by Gasteiger charge is 2.44. The number of ether oxygens (including phenoxy) is 2. The molecule has 0 bridgehead atoms. The van der Waals surface area contributed by atoms with Crippen molar-refractivity contribution in [3.05, 3.63) is 59.6 Å². The molecule has 0 radical (unpaired) electrons. The van der Waals surface area contributed by atoms with Gasteiger partial charge in [-0.15, -0.1) is 10.2 Å². The van der Waals surface area contributed by atoms with Gasteiger partial charge in [-0.2, -0.15) is 0 Å². The number of carbonyl (C=O) groups excluding carboxylic acids is 2. The zero-order valence-electron chi connectivity index (χ0n) is 15.2. The first-order valence-electron chi connectivity index (χ1n) is 8.51. The van der Waals surface area contributed by atoms with E-state index in [1.165, 1.54) is 0 Å². The van der Waals surface area contributed by atoms with Crippen LogP contribution in [0.2, 0.25) is 0 Å². The fourth-order valence-corrected chi connectivity index (χ4v) is 3.09. The van der Waals surface area contributed by atoms with E-state index in [1.807, 2.05) is 0 Å². The summed E-state index contributed by atoms with van der Waals surface area (Å²) in [5.41, 5.74) is -0.130. The van der Waals surface area contributed by atoms with Gasteiger partial charge in [0, 0.05) is 11.1 Å². The molecule has 0 saturated carbocycles. The largest absolute Gasteiger partial charge is 0.516 e. The Kier molecular flexibility index (Phi) is 5.87. The second-order valence-electron chi connectivity index (χ2n) is 6.18. The van der Waals surface area contributed by atoms with Crippen molar-refractivity contribution in [1.82, 2.24) is 10.2 Å². The monoisotopic (exact) mass is 402 g/mol. The summed E-state index contributed by atoms with van der Waals surface area (Å²) in [6.45, 7) is 0. The number of aliphatic hydroxyl groups is 4. The molecule has 0 spiro atoms. The smallest absolute Gasteiger partial charge is 0.359 e. The van der Waals surface area contributed by atoms with Crippen LogP contribution < -0.4 is 0 Å². The summed E-state index contributed by atoms with van der Waals surface area (Å²) < 4.78 is 9.77. The molecule has 0 aliphatic carbocycles. The average molecular weight is 402 g/mol. The number of cyclic esters (lactones) is 1. The summed E-state index contributed by atoms with van der Waals surface area (Å²) in [7, 11) is 1.15. The third-order valence-corrected chi connectivity index (χ3v) is 4.47. The fourth-order valence-electron chi connectivity index (χ4n) is 3.09. The molecule has 0 saturated heterocycles. The zero-order valence-corrected chi connectivity index (χ0v) is 15.2. The summed E-state index contributed by atoms with van der Waals surface area (Å²) in [6, 6.07) is 8.35. The van der Waals surface area contributed by atoms with Crippen molar-refractivity contribution in [3.63, 3.8) is 0 Å². The maximum atomic E-state index is 12.4. The Labute approximate surface area is 164 Å². The van der Waals surface area contributed by atoms with Crippen LogP contribution in [0, 0.1) is 0 Å². The first-order valence-corrected chi connectivity index (χ1v) is 8.51. The van der Waals surface area contributed by atoms with Gasteiger partial charge in [0.05, 0.1) is 13.4 Å². The van der Waals surface area contributed by atoms with Gasteiger partial charge in [-0.1, -0.05) is 30.3 Å². The molecule has 1 aliphatic heterocycles. The normalized spacial score (nSPS) is 20.6. The number of esters is 2. The fraction of sp³-hybridized carbons (Fsp3) is 0.263. The van der Waals surface area contributed by atoms with Gasteiger partial charge in [0.15, 0.2) is 17.5 Å². The Bertz CT molecular complexity index is 947. The number of rotatable bonds is 5. The minimum absolute atomic E-state index is 0.0907. The van der Waals surface area contributed by atoms with E-state index in [4.69, 9.17) is 14.6 Å². The van der Waals surface area contributed by atoms with Gasteiger partial charge in [-0.3, -0.25) is 0 Å². The molecule has 10 heteroatoms. The highest BCUT2D eigenvalue weighted by atomic mass is 16.6. The number of hydrogen-bond acceptors (Lipinski definition) is 10. The SMILES string of the molecule is COC(=O)c1nnc2c(c1-c1ccccc1)C(O)C(C(O)C(O)C=CO)OC2=O. The molecule has 3 rings (SSSR count). The lowest BCUT2D eigenvalue weighted by molar-refractivity contribution is -0.109. The molecule has 1 aromatic carbocycles. The summed E-state index contributed by atoms with van der Waals surface area (Å²) in [4.78, 5) is 24.7. The lowest BCUT2D eigenvalue weighted by Crippen LogP contribution is -2.46. The lowest BCUT2D eigenvalue weighted by atomic mass is 9.87. The average Bonchev–Trinajstić information content (AvgIpc) is 2.75. The number of aliphatic hydroxyl groups excluding tert-OH is 4. The molecule has 2 aromatic rings. The third kappa shape index (κ3) is 3.68. The maximum absolute atomic E-state index is 12.4. The maximum Gasteiger partial charge on any atom is 0.359 e. The molecule has 4 unspecified atom stereocenters. The van der Waals surface area contributed by atoms with Crippen molar-refractivity contribution in [2.45, 2.75) is 24.4 Å². The molecule has 10 nitrogen and oxygen atoms in total. The highest BCUT2D eigenvalue weighted by Crippen LogP contribution is 2.39. The Morgan fingerprint density at radius 1 is 1.24 bits per heavy atom. The van der Waals surface area contributed by atoms with Crippen LogP contribution in [0.4, 0.5) is 0 Å². The zero-order chi connectivity index (χ0) is 21.1. The Hall–Kier alpha value is -3.34. The van der Waals surface area contributed by atoms with Crippen LogP contribution in [-0.4, -0.2) is 68.0 Å². The van der Waals surface area contributed by atoms with Crippen molar-refractivity contribution in [2.75, 3.05) is 7.11 Å². The molecule has 1 aromatic heterocycles. The summed E-state index contributed by atoms with van der Waals surface area (Å²) in [5.74, 6) is -1.85. The molecule has 4 N–H and O–H groups in total. The molecular weight excluding hydrogens is 384 g/mol. The van der Waals surface area contributed by atoms with Gasteiger partial charge in [-0.05, 0) is 11.6 Å². The standard InChI is InChI=1S/C19H18N2O8/c1-28-18(26)13-11(9-5-3-2-4-6-9)12-14(21-20-13)19(27)29-17(16(12)25)15(24)10(23)7-8-22/h2-8,10,15-17,22-25H,1H3. The van der Waals surface area contributed by atoms with E-state index >= 15 is 0 Å². The van der Waals surface area contributed by atoms with Crippen molar-refractivity contribution in [1.29, 1.82) is 0 Å². The number of fused-ring (bicyclic) bond motifs is 1. The first-order chi connectivity index (χ1) is 13.9. The van der Waals surface area contributed by atoms with Crippen molar-refractivity contribution < 1.29 is 39.5 Å². The van der Waals surface area contributed by atoms with Gasteiger partial charge in [0.1, 0.15) is 18.3 Å². The topological polar surface area (TPSA) is 159 Å². The van der Waals surface area contributed by atoms with Crippen LogP contribution in [0.25, 0.3) is 11.1 Å². The minimum Gasteiger partial charge on any atom is -0.516 e.